The molecule has 0 saturated carbocycles. The van der Waals surface area contributed by atoms with Gasteiger partial charge in [0.05, 0.1) is 6.54 Å². The van der Waals surface area contributed by atoms with E-state index in [9.17, 15) is 0 Å². The van der Waals surface area contributed by atoms with Crippen molar-refractivity contribution in [3.8, 4) is 0 Å². The largest absolute Gasteiger partial charge is 0.373 e. The molecule has 2 aromatic rings. The third-order valence-corrected chi connectivity index (χ3v) is 7.27. The van der Waals surface area contributed by atoms with Crippen LogP contribution in [0.3, 0.4) is 0 Å². The average molecular weight is 471 g/mol. The molecule has 3 aliphatic heterocycles. The number of piperidine rings is 1. The second kappa shape index (κ2) is 11.0. The van der Waals surface area contributed by atoms with E-state index < -0.39 is 0 Å². The highest BCUT2D eigenvalue weighted by atomic mass is 15.3. The lowest BCUT2D eigenvalue weighted by Gasteiger charge is -2.37. The standard InChI is InChI=1S/C29H38N6/c1-3-24-9-5-6-10-27(24)34-17-19-35(20-18-34)29-30-22-26(33-15-7-4-8-16-33)21-28(32-29)31-25-13-11-23(2)12-14-25/h5-6,9-14,21H,3-4,7-8,15-20,22H2,1-2H3,(H,30,31,32). The van der Waals surface area contributed by atoms with Crippen molar-refractivity contribution in [2.75, 3.05) is 56.0 Å². The maximum Gasteiger partial charge on any atom is 0.223 e. The van der Waals surface area contributed by atoms with Crippen LogP contribution in [0.4, 0.5) is 11.4 Å². The summed E-state index contributed by atoms with van der Waals surface area (Å²) in [5, 5.41) is 3.56. The van der Waals surface area contributed by atoms with Gasteiger partial charge in [0.1, 0.15) is 5.84 Å². The summed E-state index contributed by atoms with van der Waals surface area (Å²) in [5.74, 6) is 1.73. The normalized spacial score (nSPS) is 19.0. The van der Waals surface area contributed by atoms with Crippen molar-refractivity contribution in [2.24, 2.45) is 9.98 Å². The van der Waals surface area contributed by atoms with Gasteiger partial charge in [0.15, 0.2) is 0 Å². The number of likely N-dealkylation sites (tertiary alicyclic amines) is 1. The molecule has 3 aliphatic rings. The van der Waals surface area contributed by atoms with E-state index >= 15 is 0 Å². The zero-order valence-corrected chi connectivity index (χ0v) is 21.2. The number of guanidine groups is 1. The van der Waals surface area contributed by atoms with Gasteiger partial charge in [-0.2, -0.15) is 4.99 Å². The van der Waals surface area contributed by atoms with E-state index in [0.29, 0.717) is 6.54 Å². The van der Waals surface area contributed by atoms with Crippen LogP contribution >= 0.6 is 0 Å². The van der Waals surface area contributed by atoms with Gasteiger partial charge in [0.25, 0.3) is 0 Å². The lowest BCUT2D eigenvalue weighted by molar-refractivity contribution is 0.282. The number of rotatable bonds is 4. The van der Waals surface area contributed by atoms with E-state index in [2.05, 4.69) is 88.5 Å². The topological polar surface area (TPSA) is 46.5 Å². The van der Waals surface area contributed by atoms with Crippen molar-refractivity contribution in [2.45, 2.75) is 39.5 Å². The molecular weight excluding hydrogens is 432 g/mol. The molecule has 1 N–H and O–H groups in total. The monoisotopic (exact) mass is 470 g/mol. The Kier molecular flexibility index (Phi) is 7.36. The van der Waals surface area contributed by atoms with Crippen molar-refractivity contribution in [3.05, 3.63) is 71.4 Å². The quantitative estimate of drug-likeness (QED) is 0.688. The highest BCUT2D eigenvalue weighted by molar-refractivity contribution is 6.10. The lowest BCUT2D eigenvalue weighted by atomic mass is 10.1. The van der Waals surface area contributed by atoms with E-state index in [4.69, 9.17) is 9.98 Å². The zero-order chi connectivity index (χ0) is 24.0. The fraction of sp³-hybridized carbons (Fsp3) is 0.448. The highest BCUT2D eigenvalue weighted by Crippen LogP contribution is 2.23. The minimum absolute atomic E-state index is 0.691. The van der Waals surface area contributed by atoms with Gasteiger partial charge in [-0.25, -0.2) is 4.99 Å². The van der Waals surface area contributed by atoms with E-state index in [-0.39, 0.29) is 0 Å². The summed E-state index contributed by atoms with van der Waals surface area (Å²) in [6.45, 7) is 11.1. The van der Waals surface area contributed by atoms with Crippen LogP contribution in [-0.2, 0) is 6.42 Å². The van der Waals surface area contributed by atoms with Gasteiger partial charge in [0, 0.05) is 62.4 Å². The fourth-order valence-electron chi connectivity index (χ4n) is 5.19. The number of aryl methyl sites for hydroxylation is 2. The Balaban J connectivity index is 1.34. The second-order valence-corrected chi connectivity index (χ2v) is 9.74. The summed E-state index contributed by atoms with van der Waals surface area (Å²) in [5.41, 5.74) is 6.38. The number of aliphatic imine (C=N–C) groups is 2. The Hall–Kier alpha value is -3.28. The maximum atomic E-state index is 5.05. The maximum absolute atomic E-state index is 5.05. The average Bonchev–Trinajstić information content (AvgIpc) is 3.13. The van der Waals surface area contributed by atoms with Crippen LogP contribution in [0.2, 0.25) is 0 Å². The molecule has 0 aliphatic carbocycles. The molecular formula is C29H38N6. The van der Waals surface area contributed by atoms with E-state index in [1.807, 2.05) is 0 Å². The van der Waals surface area contributed by atoms with Gasteiger partial charge in [-0.3, -0.25) is 0 Å². The minimum Gasteiger partial charge on any atom is -0.373 e. The Morgan fingerprint density at radius 1 is 0.800 bits per heavy atom. The van der Waals surface area contributed by atoms with Gasteiger partial charge in [0.2, 0.25) is 5.96 Å². The van der Waals surface area contributed by atoms with E-state index in [0.717, 1.165) is 63.2 Å². The molecule has 6 nitrogen and oxygen atoms in total. The van der Waals surface area contributed by atoms with Gasteiger partial charge >= 0.3 is 0 Å². The molecule has 0 radical (unpaired) electrons. The Labute approximate surface area is 210 Å². The number of piperazine rings is 1. The number of hydrogen-bond acceptors (Lipinski definition) is 6. The Morgan fingerprint density at radius 2 is 1.51 bits per heavy atom. The van der Waals surface area contributed by atoms with E-state index in [1.165, 1.54) is 41.8 Å². The molecule has 2 fully saturated rings. The minimum atomic E-state index is 0.691. The summed E-state index contributed by atoms with van der Waals surface area (Å²) in [6.07, 6.45) is 7.12. The first-order valence-electron chi connectivity index (χ1n) is 13.2. The predicted molar refractivity (Wildman–Crippen MR) is 148 cm³/mol. The number of anilines is 2. The number of benzene rings is 2. The summed E-state index contributed by atoms with van der Waals surface area (Å²) in [4.78, 5) is 17.5. The third-order valence-electron chi connectivity index (χ3n) is 7.27. The molecule has 184 valence electrons. The number of para-hydroxylation sites is 1. The lowest BCUT2D eigenvalue weighted by Crippen LogP contribution is -2.49. The summed E-state index contributed by atoms with van der Waals surface area (Å²) in [6, 6.07) is 17.3. The van der Waals surface area contributed by atoms with Gasteiger partial charge in [-0.05, 0) is 56.4 Å². The molecule has 6 heteroatoms. The first-order chi connectivity index (χ1) is 17.2. The molecule has 5 rings (SSSR count). The number of nitrogens with zero attached hydrogens (tertiary/aromatic N) is 5. The first-order valence-corrected chi connectivity index (χ1v) is 13.2. The fourth-order valence-corrected chi connectivity index (χ4v) is 5.19. The highest BCUT2D eigenvalue weighted by Gasteiger charge is 2.23. The van der Waals surface area contributed by atoms with Crippen LogP contribution in [0.15, 0.2) is 70.3 Å². The third kappa shape index (κ3) is 5.69. The van der Waals surface area contributed by atoms with Crippen LogP contribution in [0, 0.1) is 6.92 Å². The van der Waals surface area contributed by atoms with Crippen molar-refractivity contribution in [3.63, 3.8) is 0 Å². The van der Waals surface area contributed by atoms with Gasteiger partial charge in [-0.15, -0.1) is 0 Å². The molecule has 2 aromatic carbocycles. The van der Waals surface area contributed by atoms with Crippen molar-refractivity contribution >= 4 is 23.2 Å². The smallest absolute Gasteiger partial charge is 0.223 e. The summed E-state index contributed by atoms with van der Waals surface area (Å²) >= 11 is 0. The van der Waals surface area contributed by atoms with Crippen LogP contribution in [-0.4, -0.2) is 67.4 Å². The first kappa shape index (κ1) is 23.5. The second-order valence-electron chi connectivity index (χ2n) is 9.74. The summed E-state index contributed by atoms with van der Waals surface area (Å²) in [7, 11) is 0. The molecule has 0 aromatic heterocycles. The number of amidine groups is 1. The van der Waals surface area contributed by atoms with Crippen molar-refractivity contribution in [1.29, 1.82) is 0 Å². The number of nitrogens with one attached hydrogen (secondary N) is 1. The molecule has 0 atom stereocenters. The van der Waals surface area contributed by atoms with Gasteiger partial charge in [-0.1, -0.05) is 42.8 Å². The predicted octanol–water partition coefficient (Wildman–Crippen LogP) is 4.93. The molecule has 0 unspecified atom stereocenters. The van der Waals surface area contributed by atoms with Crippen LogP contribution in [0.25, 0.3) is 0 Å². The van der Waals surface area contributed by atoms with Crippen molar-refractivity contribution in [1.82, 2.24) is 9.80 Å². The van der Waals surface area contributed by atoms with Gasteiger partial charge < -0.3 is 20.0 Å². The molecule has 3 heterocycles. The number of hydrogen-bond donors (Lipinski definition) is 1. The Bertz CT molecular complexity index is 1090. The van der Waals surface area contributed by atoms with E-state index in [1.54, 1.807) is 0 Å². The molecule has 35 heavy (non-hydrogen) atoms. The van der Waals surface area contributed by atoms with Crippen molar-refractivity contribution < 1.29 is 0 Å². The SMILES string of the molecule is CCc1ccccc1N1CCN(C2=NCC(N3CCCCC3)=CC(Nc3ccc(C)cc3)=N2)CC1. The molecule has 2 saturated heterocycles. The molecule has 0 bridgehead atoms. The van der Waals surface area contributed by atoms with Crippen LogP contribution in [0.5, 0.6) is 0 Å². The molecule has 0 spiro atoms. The van der Waals surface area contributed by atoms with Crippen LogP contribution < -0.4 is 10.2 Å². The van der Waals surface area contributed by atoms with Crippen LogP contribution in [0.1, 0.15) is 37.3 Å². The Morgan fingerprint density at radius 3 is 2.26 bits per heavy atom. The summed E-state index contributed by atoms with van der Waals surface area (Å²) < 4.78 is 0. The molecule has 0 amide bonds. The zero-order valence-electron chi connectivity index (χ0n) is 21.2.